The van der Waals surface area contributed by atoms with E-state index in [2.05, 4.69) is 44.4 Å². The van der Waals surface area contributed by atoms with Gasteiger partial charge in [0, 0.05) is 18.6 Å². The standard InChI is InChI=1S/C17H37N3/c1-6-10-20(14-17(4,5)13-18)16-8-7-11-19(12-9-16)15(2)3/h15-16H,6-14,18H2,1-5H3. The summed E-state index contributed by atoms with van der Waals surface area (Å²) < 4.78 is 0. The van der Waals surface area contributed by atoms with Gasteiger partial charge in [0.15, 0.2) is 0 Å². The first-order chi connectivity index (χ1) is 9.39. The van der Waals surface area contributed by atoms with Crippen LogP contribution in [0.25, 0.3) is 0 Å². The fraction of sp³-hybridized carbons (Fsp3) is 1.00. The Morgan fingerprint density at radius 3 is 2.50 bits per heavy atom. The molecule has 3 heteroatoms. The molecule has 0 aromatic rings. The fourth-order valence-corrected chi connectivity index (χ4v) is 3.27. The van der Waals surface area contributed by atoms with Gasteiger partial charge in [-0.2, -0.15) is 0 Å². The van der Waals surface area contributed by atoms with Gasteiger partial charge < -0.3 is 10.6 Å². The van der Waals surface area contributed by atoms with Gasteiger partial charge in [0.1, 0.15) is 0 Å². The number of nitrogens with two attached hydrogens (primary N) is 1. The Hall–Kier alpha value is -0.120. The summed E-state index contributed by atoms with van der Waals surface area (Å²) in [4.78, 5) is 5.36. The molecule has 0 aliphatic carbocycles. The average Bonchev–Trinajstić information content (AvgIpc) is 2.64. The molecule has 0 amide bonds. The molecule has 1 fully saturated rings. The molecular weight excluding hydrogens is 246 g/mol. The molecule has 1 aliphatic heterocycles. The lowest BCUT2D eigenvalue weighted by atomic mass is 9.91. The van der Waals surface area contributed by atoms with E-state index in [-0.39, 0.29) is 5.41 Å². The first-order valence-corrected chi connectivity index (χ1v) is 8.57. The molecule has 120 valence electrons. The normalized spacial score (nSPS) is 22.5. The van der Waals surface area contributed by atoms with Crippen LogP contribution in [-0.2, 0) is 0 Å². The highest BCUT2D eigenvalue weighted by atomic mass is 15.2. The zero-order valence-electron chi connectivity index (χ0n) is 14.5. The summed E-state index contributed by atoms with van der Waals surface area (Å²) in [7, 11) is 0. The van der Waals surface area contributed by atoms with E-state index in [0.717, 1.165) is 19.1 Å². The van der Waals surface area contributed by atoms with E-state index in [1.807, 2.05) is 0 Å². The molecular formula is C17H37N3. The van der Waals surface area contributed by atoms with Crippen LogP contribution in [0.2, 0.25) is 0 Å². The second kappa shape index (κ2) is 8.35. The van der Waals surface area contributed by atoms with Crippen LogP contribution in [0, 0.1) is 5.41 Å². The molecule has 1 saturated heterocycles. The molecule has 0 bridgehead atoms. The van der Waals surface area contributed by atoms with Gasteiger partial charge in [-0.05, 0) is 71.1 Å². The highest BCUT2D eigenvalue weighted by Gasteiger charge is 2.27. The molecule has 1 heterocycles. The van der Waals surface area contributed by atoms with E-state index in [1.54, 1.807) is 0 Å². The van der Waals surface area contributed by atoms with Crippen molar-refractivity contribution in [3.63, 3.8) is 0 Å². The zero-order chi connectivity index (χ0) is 15.2. The minimum atomic E-state index is 0.235. The number of hydrogen-bond donors (Lipinski definition) is 1. The smallest absolute Gasteiger partial charge is 0.0108 e. The second-order valence-electron chi connectivity index (χ2n) is 7.55. The average molecular weight is 284 g/mol. The SMILES string of the molecule is CCCN(CC(C)(C)CN)C1CCCN(C(C)C)CC1. The molecule has 0 radical (unpaired) electrons. The van der Waals surface area contributed by atoms with Crippen LogP contribution >= 0.6 is 0 Å². The minimum Gasteiger partial charge on any atom is -0.330 e. The Morgan fingerprint density at radius 1 is 1.25 bits per heavy atom. The van der Waals surface area contributed by atoms with E-state index in [9.17, 15) is 0 Å². The van der Waals surface area contributed by atoms with Gasteiger partial charge in [-0.3, -0.25) is 4.90 Å². The first-order valence-electron chi connectivity index (χ1n) is 8.57. The van der Waals surface area contributed by atoms with E-state index in [4.69, 9.17) is 5.73 Å². The second-order valence-corrected chi connectivity index (χ2v) is 7.55. The summed E-state index contributed by atoms with van der Waals surface area (Å²) in [5.74, 6) is 0. The maximum absolute atomic E-state index is 5.94. The number of rotatable bonds is 7. The van der Waals surface area contributed by atoms with Crippen LogP contribution in [0.5, 0.6) is 0 Å². The topological polar surface area (TPSA) is 32.5 Å². The van der Waals surface area contributed by atoms with Crippen molar-refractivity contribution >= 4 is 0 Å². The predicted molar refractivity (Wildman–Crippen MR) is 89.0 cm³/mol. The third kappa shape index (κ3) is 5.71. The molecule has 3 nitrogen and oxygen atoms in total. The van der Waals surface area contributed by atoms with Gasteiger partial charge in [0.2, 0.25) is 0 Å². The van der Waals surface area contributed by atoms with Gasteiger partial charge in [-0.25, -0.2) is 0 Å². The third-order valence-corrected chi connectivity index (χ3v) is 4.67. The van der Waals surface area contributed by atoms with Crippen molar-refractivity contribution in [2.75, 3.05) is 32.7 Å². The van der Waals surface area contributed by atoms with Crippen LogP contribution in [0.1, 0.15) is 60.3 Å². The Bertz CT molecular complexity index is 263. The Morgan fingerprint density at radius 2 is 1.95 bits per heavy atom. The summed E-state index contributed by atoms with van der Waals surface area (Å²) in [6.45, 7) is 17.2. The summed E-state index contributed by atoms with van der Waals surface area (Å²) in [5.41, 5.74) is 6.17. The molecule has 2 N–H and O–H groups in total. The van der Waals surface area contributed by atoms with Gasteiger partial charge in [0.25, 0.3) is 0 Å². The predicted octanol–water partition coefficient (Wildman–Crippen LogP) is 2.95. The molecule has 1 atom stereocenters. The van der Waals surface area contributed by atoms with Crippen molar-refractivity contribution in [1.29, 1.82) is 0 Å². The van der Waals surface area contributed by atoms with E-state index >= 15 is 0 Å². The summed E-state index contributed by atoms with van der Waals surface area (Å²) in [5, 5.41) is 0. The number of hydrogen-bond acceptors (Lipinski definition) is 3. The van der Waals surface area contributed by atoms with Crippen LogP contribution in [0.4, 0.5) is 0 Å². The quantitative estimate of drug-likeness (QED) is 0.780. The van der Waals surface area contributed by atoms with E-state index < -0.39 is 0 Å². The Labute approximate surface area is 126 Å². The zero-order valence-corrected chi connectivity index (χ0v) is 14.5. The Kier molecular flexibility index (Phi) is 7.49. The summed E-state index contributed by atoms with van der Waals surface area (Å²) >= 11 is 0. The van der Waals surface area contributed by atoms with Gasteiger partial charge in [-0.1, -0.05) is 20.8 Å². The van der Waals surface area contributed by atoms with Crippen LogP contribution in [0.15, 0.2) is 0 Å². The maximum Gasteiger partial charge on any atom is 0.0108 e. The van der Waals surface area contributed by atoms with Crippen molar-refractivity contribution in [3.05, 3.63) is 0 Å². The molecule has 0 spiro atoms. The van der Waals surface area contributed by atoms with Crippen molar-refractivity contribution in [3.8, 4) is 0 Å². The largest absolute Gasteiger partial charge is 0.330 e. The van der Waals surface area contributed by atoms with Gasteiger partial charge in [0.05, 0.1) is 0 Å². The minimum absolute atomic E-state index is 0.235. The van der Waals surface area contributed by atoms with Gasteiger partial charge in [-0.15, -0.1) is 0 Å². The monoisotopic (exact) mass is 283 g/mol. The maximum atomic E-state index is 5.94. The van der Waals surface area contributed by atoms with Crippen molar-refractivity contribution in [2.24, 2.45) is 11.1 Å². The van der Waals surface area contributed by atoms with Crippen molar-refractivity contribution < 1.29 is 0 Å². The summed E-state index contributed by atoms with van der Waals surface area (Å²) in [6, 6.07) is 1.44. The lowest BCUT2D eigenvalue weighted by Crippen LogP contribution is -2.45. The van der Waals surface area contributed by atoms with Crippen LogP contribution in [-0.4, -0.2) is 54.6 Å². The number of likely N-dealkylation sites (tertiary alicyclic amines) is 1. The van der Waals surface area contributed by atoms with E-state index in [0.29, 0.717) is 6.04 Å². The van der Waals surface area contributed by atoms with Crippen molar-refractivity contribution in [1.82, 2.24) is 9.80 Å². The highest BCUT2D eigenvalue weighted by Crippen LogP contribution is 2.23. The molecule has 20 heavy (non-hydrogen) atoms. The molecule has 1 aliphatic rings. The molecule has 1 rings (SSSR count). The Balaban J connectivity index is 2.62. The van der Waals surface area contributed by atoms with E-state index in [1.165, 1.54) is 45.3 Å². The first kappa shape index (κ1) is 17.9. The molecule has 0 saturated carbocycles. The highest BCUT2D eigenvalue weighted by molar-refractivity contribution is 4.83. The van der Waals surface area contributed by atoms with Crippen LogP contribution < -0.4 is 5.73 Å². The van der Waals surface area contributed by atoms with Gasteiger partial charge >= 0.3 is 0 Å². The van der Waals surface area contributed by atoms with Crippen molar-refractivity contribution in [2.45, 2.75) is 72.4 Å². The fourth-order valence-electron chi connectivity index (χ4n) is 3.27. The summed E-state index contributed by atoms with van der Waals surface area (Å²) in [6.07, 6.45) is 5.25. The molecule has 0 aromatic carbocycles. The molecule has 0 aromatic heterocycles. The third-order valence-electron chi connectivity index (χ3n) is 4.67. The lowest BCUT2D eigenvalue weighted by Gasteiger charge is -2.37. The number of nitrogens with zero attached hydrogens (tertiary/aromatic N) is 2. The lowest BCUT2D eigenvalue weighted by molar-refractivity contribution is 0.119. The molecule has 1 unspecified atom stereocenters. The van der Waals surface area contributed by atoms with Crippen LogP contribution in [0.3, 0.4) is 0 Å².